The molecule has 0 bridgehead atoms. The van der Waals surface area contributed by atoms with Crippen LogP contribution in [-0.4, -0.2) is 25.3 Å². The molecular formula is C19H20N4OS. The third-order valence-electron chi connectivity index (χ3n) is 3.83. The predicted molar refractivity (Wildman–Crippen MR) is 101 cm³/mol. The molecule has 2 aromatic heterocycles. The summed E-state index contributed by atoms with van der Waals surface area (Å²) in [6, 6.07) is 10.2. The SMILES string of the molecule is Cc1ccccc1SCC(C)Cn1ccc(-c2cnccn2)nc1=O. The van der Waals surface area contributed by atoms with Gasteiger partial charge in [-0.15, -0.1) is 11.8 Å². The average Bonchev–Trinajstić information content (AvgIpc) is 2.63. The molecule has 0 saturated heterocycles. The van der Waals surface area contributed by atoms with Crippen molar-refractivity contribution < 1.29 is 0 Å². The van der Waals surface area contributed by atoms with Gasteiger partial charge in [0.1, 0.15) is 5.69 Å². The molecule has 3 aromatic rings. The summed E-state index contributed by atoms with van der Waals surface area (Å²) in [6.45, 7) is 4.91. The number of nitrogens with zero attached hydrogens (tertiary/aromatic N) is 4. The van der Waals surface area contributed by atoms with Crippen LogP contribution in [0, 0.1) is 12.8 Å². The van der Waals surface area contributed by atoms with E-state index in [9.17, 15) is 4.79 Å². The maximum Gasteiger partial charge on any atom is 0.348 e. The first-order chi connectivity index (χ1) is 12.1. The number of thioether (sulfide) groups is 1. The third-order valence-corrected chi connectivity index (χ3v) is 5.33. The second-order valence-electron chi connectivity index (χ2n) is 6.02. The second kappa shape index (κ2) is 8.07. The van der Waals surface area contributed by atoms with E-state index in [2.05, 4.69) is 47.0 Å². The van der Waals surface area contributed by atoms with Gasteiger partial charge in [-0.3, -0.25) is 14.5 Å². The molecule has 1 atom stereocenters. The van der Waals surface area contributed by atoms with Gasteiger partial charge < -0.3 is 0 Å². The first-order valence-electron chi connectivity index (χ1n) is 8.16. The molecule has 0 radical (unpaired) electrons. The van der Waals surface area contributed by atoms with Crippen molar-refractivity contribution in [3.63, 3.8) is 0 Å². The molecule has 3 rings (SSSR count). The normalized spacial score (nSPS) is 12.1. The first-order valence-corrected chi connectivity index (χ1v) is 9.14. The lowest BCUT2D eigenvalue weighted by Crippen LogP contribution is -2.26. The summed E-state index contributed by atoms with van der Waals surface area (Å²) in [5.74, 6) is 1.30. The van der Waals surface area contributed by atoms with Crippen LogP contribution in [0.2, 0.25) is 0 Å². The Kier molecular flexibility index (Phi) is 5.60. The number of hydrogen-bond donors (Lipinski definition) is 0. The molecule has 0 spiro atoms. The Balaban J connectivity index is 1.64. The van der Waals surface area contributed by atoms with Crippen molar-refractivity contribution in [3.05, 3.63) is 71.2 Å². The van der Waals surface area contributed by atoms with E-state index in [-0.39, 0.29) is 5.69 Å². The Morgan fingerprint density at radius 2 is 2.00 bits per heavy atom. The number of benzene rings is 1. The first kappa shape index (κ1) is 17.4. The van der Waals surface area contributed by atoms with Gasteiger partial charge in [-0.05, 0) is 30.5 Å². The van der Waals surface area contributed by atoms with E-state index in [4.69, 9.17) is 0 Å². The van der Waals surface area contributed by atoms with E-state index < -0.39 is 0 Å². The summed E-state index contributed by atoms with van der Waals surface area (Å²) in [7, 11) is 0. The molecule has 6 heteroatoms. The Hall–Kier alpha value is -2.47. The van der Waals surface area contributed by atoms with Crippen LogP contribution in [0.5, 0.6) is 0 Å². The van der Waals surface area contributed by atoms with E-state index in [1.807, 2.05) is 23.9 Å². The van der Waals surface area contributed by atoms with Gasteiger partial charge in [0, 0.05) is 35.8 Å². The standard InChI is InChI=1S/C19H20N4OS/c1-14(13-25-18-6-4-3-5-15(18)2)12-23-10-7-16(22-19(23)24)17-11-20-8-9-21-17/h3-11,14H,12-13H2,1-2H3. The highest BCUT2D eigenvalue weighted by Crippen LogP contribution is 2.24. The van der Waals surface area contributed by atoms with Crippen LogP contribution in [0.3, 0.4) is 0 Å². The van der Waals surface area contributed by atoms with Gasteiger partial charge in [0.25, 0.3) is 0 Å². The number of hydrogen-bond acceptors (Lipinski definition) is 5. The zero-order chi connectivity index (χ0) is 17.6. The molecular weight excluding hydrogens is 332 g/mol. The van der Waals surface area contributed by atoms with Crippen molar-refractivity contribution in [1.29, 1.82) is 0 Å². The third kappa shape index (κ3) is 4.54. The van der Waals surface area contributed by atoms with Gasteiger partial charge >= 0.3 is 5.69 Å². The molecule has 128 valence electrons. The Morgan fingerprint density at radius 1 is 1.16 bits per heavy atom. The second-order valence-corrected chi connectivity index (χ2v) is 7.08. The van der Waals surface area contributed by atoms with Crippen molar-refractivity contribution in [2.45, 2.75) is 25.3 Å². The van der Waals surface area contributed by atoms with Gasteiger partial charge in [0.2, 0.25) is 0 Å². The molecule has 0 aliphatic carbocycles. The lowest BCUT2D eigenvalue weighted by atomic mass is 10.2. The summed E-state index contributed by atoms with van der Waals surface area (Å²) in [6.07, 6.45) is 6.58. The molecule has 0 saturated carbocycles. The number of aromatic nitrogens is 4. The van der Waals surface area contributed by atoms with Crippen LogP contribution in [0.1, 0.15) is 12.5 Å². The Morgan fingerprint density at radius 3 is 2.72 bits per heavy atom. The molecule has 25 heavy (non-hydrogen) atoms. The Bertz CT molecular complexity index is 895. The molecule has 0 fully saturated rings. The highest BCUT2D eigenvalue weighted by atomic mass is 32.2. The van der Waals surface area contributed by atoms with Gasteiger partial charge in [-0.1, -0.05) is 25.1 Å². The van der Waals surface area contributed by atoms with E-state index in [0.29, 0.717) is 23.9 Å². The van der Waals surface area contributed by atoms with Crippen LogP contribution in [-0.2, 0) is 6.54 Å². The molecule has 1 unspecified atom stereocenters. The summed E-state index contributed by atoms with van der Waals surface area (Å²) >= 11 is 1.83. The van der Waals surface area contributed by atoms with E-state index in [0.717, 1.165) is 5.75 Å². The maximum atomic E-state index is 12.3. The van der Waals surface area contributed by atoms with Gasteiger partial charge in [-0.2, -0.15) is 4.98 Å². The highest BCUT2D eigenvalue weighted by molar-refractivity contribution is 7.99. The summed E-state index contributed by atoms with van der Waals surface area (Å²) < 4.78 is 1.66. The fourth-order valence-corrected chi connectivity index (χ4v) is 3.52. The van der Waals surface area contributed by atoms with Crippen molar-refractivity contribution in [3.8, 4) is 11.4 Å². The minimum atomic E-state index is -0.254. The van der Waals surface area contributed by atoms with Gasteiger partial charge in [-0.25, -0.2) is 4.79 Å². The van der Waals surface area contributed by atoms with Gasteiger partial charge in [0.05, 0.1) is 11.9 Å². The van der Waals surface area contributed by atoms with Crippen molar-refractivity contribution in [2.75, 3.05) is 5.75 Å². The van der Waals surface area contributed by atoms with Crippen molar-refractivity contribution in [1.82, 2.24) is 19.5 Å². The topological polar surface area (TPSA) is 60.7 Å². The fourth-order valence-electron chi connectivity index (χ4n) is 2.48. The summed E-state index contributed by atoms with van der Waals surface area (Å²) in [4.78, 5) is 25.9. The number of rotatable bonds is 6. The van der Waals surface area contributed by atoms with Crippen LogP contribution in [0.4, 0.5) is 0 Å². The smallest absolute Gasteiger partial charge is 0.299 e. The van der Waals surface area contributed by atoms with E-state index in [1.54, 1.807) is 29.4 Å². The largest absolute Gasteiger partial charge is 0.348 e. The zero-order valence-corrected chi connectivity index (χ0v) is 15.1. The molecule has 0 aliphatic heterocycles. The summed E-state index contributed by atoms with van der Waals surface area (Å²) in [5.41, 5.74) is 2.19. The van der Waals surface area contributed by atoms with Crippen LogP contribution in [0.25, 0.3) is 11.4 Å². The molecule has 1 aromatic carbocycles. The minimum absolute atomic E-state index is 0.254. The Labute approximate surface area is 151 Å². The van der Waals surface area contributed by atoms with Crippen molar-refractivity contribution >= 4 is 11.8 Å². The highest BCUT2D eigenvalue weighted by Gasteiger charge is 2.09. The zero-order valence-electron chi connectivity index (χ0n) is 14.3. The fraction of sp³-hybridized carbons (Fsp3) is 0.263. The molecule has 0 aliphatic rings. The molecule has 0 amide bonds. The monoisotopic (exact) mass is 352 g/mol. The molecule has 5 nitrogen and oxygen atoms in total. The maximum absolute atomic E-state index is 12.3. The van der Waals surface area contributed by atoms with Crippen LogP contribution < -0.4 is 5.69 Å². The molecule has 2 heterocycles. The lowest BCUT2D eigenvalue weighted by Gasteiger charge is -2.14. The van der Waals surface area contributed by atoms with Gasteiger partial charge in [0.15, 0.2) is 0 Å². The minimum Gasteiger partial charge on any atom is -0.299 e. The number of aryl methyl sites for hydroxylation is 1. The lowest BCUT2D eigenvalue weighted by molar-refractivity contribution is 0.510. The van der Waals surface area contributed by atoms with Crippen molar-refractivity contribution in [2.24, 2.45) is 5.92 Å². The van der Waals surface area contributed by atoms with E-state index in [1.165, 1.54) is 10.5 Å². The van der Waals surface area contributed by atoms with Crippen LogP contribution in [0.15, 0.2) is 64.8 Å². The molecule has 0 N–H and O–H groups in total. The predicted octanol–water partition coefficient (Wildman–Crippen LogP) is 3.44. The quantitative estimate of drug-likeness (QED) is 0.636. The van der Waals surface area contributed by atoms with E-state index >= 15 is 0 Å². The van der Waals surface area contributed by atoms with Crippen LogP contribution >= 0.6 is 11.8 Å². The summed E-state index contributed by atoms with van der Waals surface area (Å²) in [5, 5.41) is 0. The average molecular weight is 352 g/mol.